The molecule has 110 valence electrons. The second kappa shape index (κ2) is 6.31. The van der Waals surface area contributed by atoms with E-state index in [4.69, 9.17) is 0 Å². The minimum atomic E-state index is -0.0974. The SMILES string of the molecule is Cc1cc(NC(=O)c2cccc(N(C)C)c2)cc(C)c1Br. The number of carbonyl (C=O) groups is 1. The molecule has 2 aromatic rings. The maximum atomic E-state index is 12.4. The maximum absolute atomic E-state index is 12.4. The number of anilines is 2. The zero-order valence-corrected chi connectivity index (χ0v) is 14.3. The minimum absolute atomic E-state index is 0.0974. The predicted molar refractivity (Wildman–Crippen MR) is 92.3 cm³/mol. The van der Waals surface area contributed by atoms with Crippen LogP contribution in [0.1, 0.15) is 21.5 Å². The van der Waals surface area contributed by atoms with Gasteiger partial charge in [-0.25, -0.2) is 0 Å². The Hall–Kier alpha value is -1.81. The van der Waals surface area contributed by atoms with Gasteiger partial charge < -0.3 is 10.2 Å². The zero-order chi connectivity index (χ0) is 15.6. The summed E-state index contributed by atoms with van der Waals surface area (Å²) in [4.78, 5) is 14.3. The molecule has 1 amide bonds. The number of nitrogens with one attached hydrogen (secondary N) is 1. The number of rotatable bonds is 3. The molecule has 0 aromatic heterocycles. The van der Waals surface area contributed by atoms with Crippen molar-refractivity contribution >= 4 is 33.2 Å². The molecule has 0 saturated heterocycles. The normalized spacial score (nSPS) is 10.3. The van der Waals surface area contributed by atoms with Crippen LogP contribution in [0.2, 0.25) is 0 Å². The van der Waals surface area contributed by atoms with Gasteiger partial charge in [0.1, 0.15) is 0 Å². The summed E-state index contributed by atoms with van der Waals surface area (Å²) in [6.07, 6.45) is 0. The molecule has 21 heavy (non-hydrogen) atoms. The van der Waals surface area contributed by atoms with Gasteiger partial charge in [0.15, 0.2) is 0 Å². The van der Waals surface area contributed by atoms with Crippen molar-refractivity contribution in [1.82, 2.24) is 0 Å². The molecule has 0 spiro atoms. The fraction of sp³-hybridized carbons (Fsp3) is 0.235. The monoisotopic (exact) mass is 346 g/mol. The molecule has 4 heteroatoms. The molecule has 0 heterocycles. The lowest BCUT2D eigenvalue weighted by Crippen LogP contribution is -2.14. The first-order valence-corrected chi connectivity index (χ1v) is 7.53. The Morgan fingerprint density at radius 1 is 1.10 bits per heavy atom. The number of amides is 1. The number of benzene rings is 2. The average molecular weight is 347 g/mol. The third-order valence-corrected chi connectivity index (χ3v) is 4.57. The lowest BCUT2D eigenvalue weighted by molar-refractivity contribution is 0.102. The molecule has 0 radical (unpaired) electrons. The van der Waals surface area contributed by atoms with Gasteiger partial charge in [-0.2, -0.15) is 0 Å². The number of aryl methyl sites for hydroxylation is 2. The summed E-state index contributed by atoms with van der Waals surface area (Å²) >= 11 is 3.53. The van der Waals surface area contributed by atoms with Crippen molar-refractivity contribution in [2.45, 2.75) is 13.8 Å². The molecule has 0 atom stereocenters. The third kappa shape index (κ3) is 3.64. The number of nitrogens with zero attached hydrogens (tertiary/aromatic N) is 1. The first kappa shape index (κ1) is 15.6. The predicted octanol–water partition coefficient (Wildman–Crippen LogP) is 4.38. The number of halogens is 1. The second-order valence-corrected chi connectivity index (χ2v) is 6.12. The van der Waals surface area contributed by atoms with Crippen LogP contribution in [0.4, 0.5) is 11.4 Å². The van der Waals surface area contributed by atoms with Crippen LogP contribution in [-0.2, 0) is 0 Å². The summed E-state index contributed by atoms with van der Waals surface area (Å²) in [6, 6.07) is 11.5. The van der Waals surface area contributed by atoms with Crippen molar-refractivity contribution in [3.05, 3.63) is 57.6 Å². The van der Waals surface area contributed by atoms with Crippen LogP contribution in [0.5, 0.6) is 0 Å². The van der Waals surface area contributed by atoms with Crippen molar-refractivity contribution in [3.63, 3.8) is 0 Å². The van der Waals surface area contributed by atoms with E-state index < -0.39 is 0 Å². The van der Waals surface area contributed by atoms with E-state index in [1.807, 2.05) is 69.2 Å². The molecule has 0 aliphatic heterocycles. The van der Waals surface area contributed by atoms with Crippen LogP contribution >= 0.6 is 15.9 Å². The highest BCUT2D eigenvalue weighted by Crippen LogP contribution is 2.25. The lowest BCUT2D eigenvalue weighted by Gasteiger charge is -2.14. The van der Waals surface area contributed by atoms with Gasteiger partial charge in [-0.05, 0) is 55.3 Å². The van der Waals surface area contributed by atoms with Crippen LogP contribution in [0.15, 0.2) is 40.9 Å². The highest BCUT2D eigenvalue weighted by atomic mass is 79.9. The van der Waals surface area contributed by atoms with Crippen LogP contribution in [-0.4, -0.2) is 20.0 Å². The molecule has 2 rings (SSSR count). The van der Waals surface area contributed by atoms with E-state index in [0.717, 1.165) is 27.0 Å². The maximum Gasteiger partial charge on any atom is 0.255 e. The Morgan fingerprint density at radius 2 is 1.71 bits per heavy atom. The molecular formula is C17H19BrN2O. The van der Waals surface area contributed by atoms with E-state index >= 15 is 0 Å². The Labute approximate surface area is 134 Å². The van der Waals surface area contributed by atoms with Gasteiger partial charge in [-0.1, -0.05) is 22.0 Å². The topological polar surface area (TPSA) is 32.3 Å². The molecule has 0 saturated carbocycles. The molecule has 0 fully saturated rings. The average Bonchev–Trinajstić information content (AvgIpc) is 2.44. The van der Waals surface area contributed by atoms with Crippen molar-refractivity contribution in [3.8, 4) is 0 Å². The minimum Gasteiger partial charge on any atom is -0.378 e. The molecule has 3 nitrogen and oxygen atoms in total. The molecular weight excluding hydrogens is 328 g/mol. The molecule has 1 N–H and O–H groups in total. The highest BCUT2D eigenvalue weighted by Gasteiger charge is 2.09. The number of carbonyl (C=O) groups excluding carboxylic acids is 1. The van der Waals surface area contributed by atoms with Crippen LogP contribution in [0.25, 0.3) is 0 Å². The van der Waals surface area contributed by atoms with Crippen LogP contribution < -0.4 is 10.2 Å². The Bertz CT molecular complexity index is 657. The summed E-state index contributed by atoms with van der Waals surface area (Å²) in [7, 11) is 3.91. The van der Waals surface area contributed by atoms with Gasteiger partial charge in [0, 0.05) is 35.5 Å². The fourth-order valence-electron chi connectivity index (χ4n) is 2.15. The van der Waals surface area contributed by atoms with Gasteiger partial charge in [0.25, 0.3) is 5.91 Å². The van der Waals surface area contributed by atoms with Gasteiger partial charge in [0.2, 0.25) is 0 Å². The van der Waals surface area contributed by atoms with Crippen molar-refractivity contribution in [2.24, 2.45) is 0 Å². The summed E-state index contributed by atoms with van der Waals surface area (Å²) in [6.45, 7) is 4.03. The highest BCUT2D eigenvalue weighted by molar-refractivity contribution is 9.10. The summed E-state index contributed by atoms with van der Waals surface area (Å²) in [5.74, 6) is -0.0974. The van der Waals surface area contributed by atoms with E-state index in [2.05, 4.69) is 21.2 Å². The summed E-state index contributed by atoms with van der Waals surface area (Å²) < 4.78 is 1.08. The van der Waals surface area contributed by atoms with E-state index in [0.29, 0.717) is 5.56 Å². The van der Waals surface area contributed by atoms with Crippen molar-refractivity contribution in [1.29, 1.82) is 0 Å². The van der Waals surface area contributed by atoms with Crippen molar-refractivity contribution in [2.75, 3.05) is 24.3 Å². The molecule has 2 aromatic carbocycles. The van der Waals surface area contributed by atoms with Crippen molar-refractivity contribution < 1.29 is 4.79 Å². The molecule has 0 bridgehead atoms. The Balaban J connectivity index is 2.24. The summed E-state index contributed by atoms with van der Waals surface area (Å²) in [5.41, 5.74) is 4.68. The third-order valence-electron chi connectivity index (χ3n) is 3.32. The first-order valence-electron chi connectivity index (χ1n) is 6.74. The van der Waals surface area contributed by atoms with E-state index in [1.54, 1.807) is 0 Å². The first-order chi connectivity index (χ1) is 9.88. The van der Waals surface area contributed by atoms with Crippen LogP contribution in [0, 0.1) is 13.8 Å². The largest absolute Gasteiger partial charge is 0.378 e. The quantitative estimate of drug-likeness (QED) is 0.893. The number of hydrogen-bond acceptors (Lipinski definition) is 2. The molecule has 0 aliphatic rings. The Morgan fingerprint density at radius 3 is 2.29 bits per heavy atom. The van der Waals surface area contributed by atoms with Gasteiger partial charge >= 0.3 is 0 Å². The van der Waals surface area contributed by atoms with Crippen LogP contribution in [0.3, 0.4) is 0 Å². The summed E-state index contributed by atoms with van der Waals surface area (Å²) in [5, 5.41) is 2.95. The van der Waals surface area contributed by atoms with Gasteiger partial charge in [-0.3, -0.25) is 4.79 Å². The second-order valence-electron chi connectivity index (χ2n) is 5.32. The standard InChI is InChI=1S/C17H19BrN2O/c1-11-8-14(9-12(2)16(11)18)19-17(21)13-6-5-7-15(10-13)20(3)4/h5-10H,1-4H3,(H,19,21). The number of hydrogen-bond donors (Lipinski definition) is 1. The Kier molecular flexibility index (Phi) is 4.68. The van der Waals surface area contributed by atoms with Gasteiger partial charge in [0.05, 0.1) is 0 Å². The zero-order valence-electron chi connectivity index (χ0n) is 12.7. The smallest absolute Gasteiger partial charge is 0.255 e. The molecule has 0 unspecified atom stereocenters. The lowest BCUT2D eigenvalue weighted by atomic mass is 10.1. The van der Waals surface area contributed by atoms with E-state index in [-0.39, 0.29) is 5.91 Å². The van der Waals surface area contributed by atoms with Gasteiger partial charge in [-0.15, -0.1) is 0 Å². The van der Waals surface area contributed by atoms with E-state index in [9.17, 15) is 4.79 Å². The molecule has 0 aliphatic carbocycles. The fourth-order valence-corrected chi connectivity index (χ4v) is 2.38. The van der Waals surface area contributed by atoms with E-state index in [1.165, 1.54) is 0 Å².